The Kier molecular flexibility index (Phi) is 5.72. The van der Waals surface area contributed by atoms with Crippen molar-refractivity contribution in [3.05, 3.63) is 53.9 Å². The molecule has 1 aromatic carbocycles. The highest BCUT2D eigenvalue weighted by molar-refractivity contribution is 5.91. The maximum atomic E-state index is 12.4. The smallest absolute Gasteiger partial charge is 0.471 e. The lowest BCUT2D eigenvalue weighted by Crippen LogP contribution is -2.26. The molecule has 1 N–H and O–H groups in total. The van der Waals surface area contributed by atoms with E-state index in [-0.39, 0.29) is 30.7 Å². The van der Waals surface area contributed by atoms with E-state index in [1.165, 1.54) is 12.1 Å². The van der Waals surface area contributed by atoms with Gasteiger partial charge in [-0.15, -0.1) is 0 Å². The van der Waals surface area contributed by atoms with Crippen LogP contribution < -0.4 is 10.1 Å². The largest absolute Gasteiger partial charge is 0.474 e. The lowest BCUT2D eigenvalue weighted by molar-refractivity contribution is -0.159. The maximum Gasteiger partial charge on any atom is 0.471 e. The lowest BCUT2D eigenvalue weighted by atomic mass is 10.2. The number of benzene rings is 1. The summed E-state index contributed by atoms with van der Waals surface area (Å²) in [6, 6.07) is 10.5. The normalized spacial score (nSPS) is 11.7. The topological polar surface area (TPSA) is 103 Å². The maximum absolute atomic E-state index is 12.4. The molecule has 0 aliphatic rings. The number of nitrogens with one attached hydrogen (secondary N) is 1. The van der Waals surface area contributed by atoms with Crippen LogP contribution in [0.4, 0.5) is 13.2 Å². The van der Waals surface area contributed by atoms with Crippen LogP contribution >= 0.6 is 0 Å². The second-order valence-corrected chi connectivity index (χ2v) is 5.33. The zero-order valence-electron chi connectivity index (χ0n) is 14.1. The predicted octanol–water partition coefficient (Wildman–Crippen LogP) is 2.95. The van der Waals surface area contributed by atoms with E-state index in [0.29, 0.717) is 0 Å². The summed E-state index contributed by atoms with van der Waals surface area (Å²) in [7, 11) is 0. The SMILES string of the molecule is O=C(C=Cc1ccccc1)NCCOc1cc(-c2noc(C(F)(F)F)n2)on1. The van der Waals surface area contributed by atoms with Crippen LogP contribution in [0.25, 0.3) is 17.7 Å². The number of alkyl halides is 3. The second kappa shape index (κ2) is 8.37. The quantitative estimate of drug-likeness (QED) is 0.485. The van der Waals surface area contributed by atoms with Crippen molar-refractivity contribution in [1.29, 1.82) is 0 Å². The molecule has 1 amide bonds. The van der Waals surface area contributed by atoms with Gasteiger partial charge in [0.15, 0.2) is 0 Å². The van der Waals surface area contributed by atoms with Crippen molar-refractivity contribution < 1.29 is 31.7 Å². The summed E-state index contributed by atoms with van der Waals surface area (Å²) in [5.41, 5.74) is 0.888. The summed E-state index contributed by atoms with van der Waals surface area (Å²) >= 11 is 0. The molecule has 2 aromatic heterocycles. The molecule has 0 atom stereocenters. The summed E-state index contributed by atoms with van der Waals surface area (Å²) in [5, 5.41) is 9.31. The van der Waals surface area contributed by atoms with Crippen LogP contribution in [-0.2, 0) is 11.0 Å². The van der Waals surface area contributed by atoms with Gasteiger partial charge in [-0.2, -0.15) is 18.2 Å². The molecule has 3 aromatic rings. The molecule has 3 rings (SSSR count). The Morgan fingerprint density at radius 3 is 2.68 bits per heavy atom. The second-order valence-electron chi connectivity index (χ2n) is 5.33. The van der Waals surface area contributed by atoms with Crippen molar-refractivity contribution in [3.8, 4) is 17.5 Å². The molecule has 0 fully saturated rings. The lowest BCUT2D eigenvalue weighted by Gasteiger charge is -2.02. The number of carbonyl (C=O) groups is 1. The van der Waals surface area contributed by atoms with Crippen molar-refractivity contribution in [1.82, 2.24) is 20.6 Å². The van der Waals surface area contributed by atoms with Gasteiger partial charge in [0, 0.05) is 6.08 Å². The van der Waals surface area contributed by atoms with E-state index in [4.69, 9.17) is 9.26 Å². The van der Waals surface area contributed by atoms with Crippen molar-refractivity contribution in [2.45, 2.75) is 6.18 Å². The molecular formula is C17H13F3N4O4. The van der Waals surface area contributed by atoms with Gasteiger partial charge in [0.05, 0.1) is 12.6 Å². The number of ether oxygens (including phenoxy) is 1. The highest BCUT2D eigenvalue weighted by atomic mass is 19.4. The molecule has 8 nitrogen and oxygen atoms in total. The zero-order valence-corrected chi connectivity index (χ0v) is 14.1. The molecule has 0 bridgehead atoms. The van der Waals surface area contributed by atoms with Crippen LogP contribution in [-0.4, -0.2) is 34.4 Å². The van der Waals surface area contributed by atoms with Gasteiger partial charge in [0.1, 0.15) is 6.61 Å². The number of halogens is 3. The Labute approximate surface area is 156 Å². The van der Waals surface area contributed by atoms with Gasteiger partial charge in [-0.25, -0.2) is 0 Å². The van der Waals surface area contributed by atoms with E-state index >= 15 is 0 Å². The van der Waals surface area contributed by atoms with Gasteiger partial charge in [-0.1, -0.05) is 35.5 Å². The molecule has 0 aliphatic heterocycles. The van der Waals surface area contributed by atoms with E-state index < -0.39 is 17.9 Å². The number of amides is 1. The monoisotopic (exact) mass is 394 g/mol. The highest BCUT2D eigenvalue weighted by Gasteiger charge is 2.39. The molecule has 146 valence electrons. The van der Waals surface area contributed by atoms with E-state index in [1.807, 2.05) is 30.3 Å². The van der Waals surface area contributed by atoms with Crippen molar-refractivity contribution in [2.75, 3.05) is 13.2 Å². The van der Waals surface area contributed by atoms with Crippen LogP contribution in [0.2, 0.25) is 0 Å². The third-order valence-electron chi connectivity index (χ3n) is 3.26. The first-order valence-corrected chi connectivity index (χ1v) is 7.93. The van der Waals surface area contributed by atoms with Gasteiger partial charge in [0.25, 0.3) is 5.88 Å². The van der Waals surface area contributed by atoms with E-state index in [0.717, 1.165) is 5.56 Å². The first-order valence-electron chi connectivity index (χ1n) is 7.93. The fraction of sp³-hybridized carbons (Fsp3) is 0.176. The number of hydrogen-bond donors (Lipinski definition) is 1. The van der Waals surface area contributed by atoms with Crippen LogP contribution in [0.5, 0.6) is 5.88 Å². The molecule has 11 heteroatoms. The van der Waals surface area contributed by atoms with Crippen LogP contribution in [0, 0.1) is 0 Å². The molecule has 28 heavy (non-hydrogen) atoms. The summed E-state index contributed by atoms with van der Waals surface area (Å²) in [4.78, 5) is 14.9. The minimum atomic E-state index is -4.75. The van der Waals surface area contributed by atoms with Crippen molar-refractivity contribution >= 4 is 12.0 Å². The predicted molar refractivity (Wildman–Crippen MR) is 88.8 cm³/mol. The summed E-state index contributed by atoms with van der Waals surface area (Å²) in [6.45, 7) is 0.248. The first kappa shape index (κ1) is 19.1. The number of hydrogen-bond acceptors (Lipinski definition) is 7. The molecule has 0 saturated carbocycles. The fourth-order valence-electron chi connectivity index (χ4n) is 2.00. The van der Waals surface area contributed by atoms with Crippen LogP contribution in [0.3, 0.4) is 0 Å². The Balaban J connectivity index is 1.44. The third-order valence-corrected chi connectivity index (χ3v) is 3.26. The first-order chi connectivity index (χ1) is 13.4. The minimum Gasteiger partial charge on any atom is -0.474 e. The summed E-state index contributed by atoms with van der Waals surface area (Å²) in [6.07, 6.45) is -1.70. The number of rotatable bonds is 7. The molecular weight excluding hydrogens is 381 g/mol. The minimum absolute atomic E-state index is 0.00225. The Morgan fingerprint density at radius 2 is 1.96 bits per heavy atom. The molecule has 0 saturated heterocycles. The standard InChI is InChI=1S/C17H13F3N4O4/c18-17(19,20)16-22-15(24-28-16)12-10-14(23-27-12)26-9-8-21-13(25)7-6-11-4-2-1-3-5-11/h1-7,10H,8-9H2,(H,21,25). The van der Waals surface area contributed by atoms with Crippen LogP contribution in [0.15, 0.2) is 51.5 Å². The molecule has 0 spiro atoms. The summed E-state index contributed by atoms with van der Waals surface area (Å²) in [5.74, 6) is -2.35. The average Bonchev–Trinajstić information content (AvgIpc) is 3.33. The average molecular weight is 394 g/mol. The summed E-state index contributed by atoms with van der Waals surface area (Å²) < 4.78 is 51.5. The highest BCUT2D eigenvalue weighted by Crippen LogP contribution is 2.30. The van der Waals surface area contributed by atoms with Crippen molar-refractivity contribution in [3.63, 3.8) is 0 Å². The Hall–Kier alpha value is -3.63. The molecule has 2 heterocycles. The Bertz CT molecular complexity index is 951. The van der Waals surface area contributed by atoms with Gasteiger partial charge >= 0.3 is 12.1 Å². The fourth-order valence-corrected chi connectivity index (χ4v) is 2.00. The number of nitrogens with zero attached hydrogens (tertiary/aromatic N) is 3. The van der Waals surface area contributed by atoms with Crippen LogP contribution in [0.1, 0.15) is 11.5 Å². The molecule has 0 unspecified atom stereocenters. The van der Waals surface area contributed by atoms with E-state index in [1.54, 1.807) is 6.08 Å². The molecule has 0 radical (unpaired) electrons. The van der Waals surface area contributed by atoms with Gasteiger partial charge in [-0.05, 0) is 16.8 Å². The number of aromatic nitrogens is 3. The van der Waals surface area contributed by atoms with E-state index in [9.17, 15) is 18.0 Å². The van der Waals surface area contributed by atoms with Crippen molar-refractivity contribution in [2.24, 2.45) is 0 Å². The van der Waals surface area contributed by atoms with Gasteiger partial charge in [-0.3, -0.25) is 4.79 Å². The van der Waals surface area contributed by atoms with E-state index in [2.05, 4.69) is 25.1 Å². The molecule has 0 aliphatic carbocycles. The Morgan fingerprint density at radius 1 is 1.18 bits per heavy atom. The van der Waals surface area contributed by atoms with Gasteiger partial charge in [0.2, 0.25) is 17.5 Å². The zero-order chi connectivity index (χ0) is 20.0. The van der Waals surface area contributed by atoms with Gasteiger partial charge < -0.3 is 19.1 Å². The third kappa shape index (κ3) is 5.19. The number of carbonyl (C=O) groups excluding carboxylic acids is 1.